The van der Waals surface area contributed by atoms with Crippen LogP contribution in [-0.2, 0) is 0 Å². The third-order valence-electron chi connectivity index (χ3n) is 3.90. The highest BCUT2D eigenvalue weighted by Gasteiger charge is 2.22. The van der Waals surface area contributed by atoms with Gasteiger partial charge in [0.05, 0.1) is 4.92 Å². The van der Waals surface area contributed by atoms with Gasteiger partial charge in [-0.1, -0.05) is 0 Å². The summed E-state index contributed by atoms with van der Waals surface area (Å²) in [6.07, 6.45) is 3.34. The van der Waals surface area contributed by atoms with Crippen molar-refractivity contribution in [3.05, 3.63) is 27.9 Å². The molecule has 1 aromatic heterocycles. The number of aromatic nitrogens is 1. The summed E-state index contributed by atoms with van der Waals surface area (Å²) in [7, 11) is 1.96. The molecule has 0 radical (unpaired) electrons. The molecule has 0 spiro atoms. The number of rotatable bonds is 5. The number of nitriles is 1. The van der Waals surface area contributed by atoms with Gasteiger partial charge >= 0.3 is 5.69 Å². The van der Waals surface area contributed by atoms with E-state index in [1.54, 1.807) is 12.1 Å². The van der Waals surface area contributed by atoms with Gasteiger partial charge in [0.15, 0.2) is 0 Å². The van der Waals surface area contributed by atoms with Gasteiger partial charge < -0.3 is 10.2 Å². The van der Waals surface area contributed by atoms with E-state index in [2.05, 4.69) is 15.2 Å². The maximum absolute atomic E-state index is 10.8. The molecule has 2 rings (SSSR count). The molecular weight excluding hydrogens is 270 g/mol. The lowest BCUT2D eigenvalue weighted by atomic mass is 9.93. The van der Waals surface area contributed by atoms with E-state index in [4.69, 9.17) is 5.26 Å². The van der Waals surface area contributed by atoms with Gasteiger partial charge in [0.2, 0.25) is 5.69 Å². The van der Waals surface area contributed by atoms with Gasteiger partial charge in [-0.15, -0.1) is 0 Å². The summed E-state index contributed by atoms with van der Waals surface area (Å²) in [5.41, 5.74) is -0.347. The van der Waals surface area contributed by atoms with Crippen LogP contribution in [0.2, 0.25) is 0 Å². The topological polar surface area (TPSA) is 95.1 Å². The van der Waals surface area contributed by atoms with Gasteiger partial charge in [-0.25, -0.2) is 4.98 Å². The molecule has 0 saturated carbocycles. The maximum Gasteiger partial charge on any atom is 0.305 e. The fraction of sp³-hybridized carbons (Fsp3) is 0.571. The minimum atomic E-state index is -0.570. The zero-order chi connectivity index (χ0) is 15.2. The Morgan fingerprint density at radius 1 is 1.52 bits per heavy atom. The summed E-state index contributed by atoms with van der Waals surface area (Å²) >= 11 is 0. The minimum absolute atomic E-state index is 0.116. The Labute approximate surface area is 123 Å². The van der Waals surface area contributed by atoms with E-state index in [1.807, 2.05) is 7.05 Å². The molecule has 7 nitrogen and oxygen atoms in total. The smallest absolute Gasteiger partial charge is 0.305 e. The first-order valence-electron chi connectivity index (χ1n) is 7.10. The summed E-state index contributed by atoms with van der Waals surface area (Å²) in [4.78, 5) is 16.5. The van der Waals surface area contributed by atoms with Gasteiger partial charge in [-0.2, -0.15) is 5.26 Å². The molecule has 7 heteroatoms. The molecule has 0 amide bonds. The van der Waals surface area contributed by atoms with Crippen LogP contribution in [-0.4, -0.2) is 36.6 Å². The van der Waals surface area contributed by atoms with Crippen LogP contribution < -0.4 is 10.2 Å². The number of anilines is 1. The van der Waals surface area contributed by atoms with Crippen molar-refractivity contribution in [3.63, 3.8) is 0 Å². The first-order chi connectivity index (χ1) is 10.2. The standard InChI is InChI=1S/C14H19N5O2/c1-16-7-4-11-5-8-18(9-6-11)14-3-2-13(19(20)21)12(10-15)17-14/h2-3,11,16H,4-9H2,1H3. The third kappa shape index (κ3) is 3.67. The van der Waals surface area contributed by atoms with Gasteiger partial charge in [0.25, 0.3) is 0 Å². The highest BCUT2D eigenvalue weighted by Crippen LogP contribution is 2.26. The van der Waals surface area contributed by atoms with E-state index in [0.29, 0.717) is 11.7 Å². The van der Waals surface area contributed by atoms with Crippen LogP contribution in [0.15, 0.2) is 12.1 Å². The molecule has 1 N–H and O–H groups in total. The number of nitro groups is 1. The summed E-state index contributed by atoms with van der Waals surface area (Å²) in [5.74, 6) is 1.37. The molecule has 1 aliphatic rings. The van der Waals surface area contributed by atoms with Crippen LogP contribution in [0.25, 0.3) is 0 Å². The Morgan fingerprint density at radius 2 is 2.24 bits per heavy atom. The molecule has 1 saturated heterocycles. The molecule has 112 valence electrons. The van der Waals surface area contributed by atoms with Crippen LogP contribution in [0.4, 0.5) is 11.5 Å². The second-order valence-corrected chi connectivity index (χ2v) is 5.23. The van der Waals surface area contributed by atoms with E-state index in [1.165, 1.54) is 12.5 Å². The van der Waals surface area contributed by atoms with Crippen LogP contribution in [0, 0.1) is 27.4 Å². The minimum Gasteiger partial charge on any atom is -0.357 e. The second-order valence-electron chi connectivity index (χ2n) is 5.23. The SMILES string of the molecule is CNCCC1CCN(c2ccc([N+](=O)[O-])c(C#N)n2)CC1. The molecule has 2 heterocycles. The number of nitrogens with one attached hydrogen (secondary N) is 1. The first-order valence-corrected chi connectivity index (χ1v) is 7.10. The van der Waals surface area contributed by atoms with Crippen molar-refractivity contribution in [3.8, 4) is 6.07 Å². The normalized spacial score (nSPS) is 15.7. The van der Waals surface area contributed by atoms with Gasteiger partial charge in [0.1, 0.15) is 11.9 Å². The van der Waals surface area contributed by atoms with Crippen LogP contribution in [0.5, 0.6) is 0 Å². The predicted molar refractivity (Wildman–Crippen MR) is 79.1 cm³/mol. The van der Waals surface area contributed by atoms with E-state index < -0.39 is 4.92 Å². The molecule has 0 atom stereocenters. The summed E-state index contributed by atoms with van der Waals surface area (Å²) < 4.78 is 0. The number of hydrogen-bond acceptors (Lipinski definition) is 6. The Hall–Kier alpha value is -2.20. The summed E-state index contributed by atoms with van der Waals surface area (Å²) in [5, 5.41) is 23.0. The van der Waals surface area contributed by atoms with E-state index in [9.17, 15) is 10.1 Å². The van der Waals surface area contributed by atoms with Crippen molar-refractivity contribution in [2.24, 2.45) is 5.92 Å². The van der Waals surface area contributed by atoms with E-state index in [0.717, 1.165) is 32.5 Å². The summed E-state index contributed by atoms with van der Waals surface area (Å²) in [6.45, 7) is 2.78. The zero-order valence-electron chi connectivity index (χ0n) is 12.1. The Bertz CT molecular complexity index is 547. The van der Waals surface area contributed by atoms with Crippen LogP contribution >= 0.6 is 0 Å². The van der Waals surface area contributed by atoms with Gasteiger partial charge in [-0.3, -0.25) is 10.1 Å². The lowest BCUT2D eigenvalue weighted by molar-refractivity contribution is -0.385. The first kappa shape index (κ1) is 15.2. The Balaban J connectivity index is 2.04. The van der Waals surface area contributed by atoms with E-state index in [-0.39, 0.29) is 11.4 Å². The molecule has 0 bridgehead atoms. The van der Waals surface area contributed by atoms with Crippen LogP contribution in [0.1, 0.15) is 25.0 Å². The average molecular weight is 289 g/mol. The molecule has 1 aliphatic heterocycles. The van der Waals surface area contributed by atoms with Crippen molar-refractivity contribution in [2.75, 3.05) is 31.6 Å². The van der Waals surface area contributed by atoms with Crippen molar-refractivity contribution in [2.45, 2.75) is 19.3 Å². The lowest BCUT2D eigenvalue weighted by Crippen LogP contribution is -2.35. The second kappa shape index (κ2) is 6.99. The number of piperidine rings is 1. The average Bonchev–Trinajstić information content (AvgIpc) is 2.52. The number of hydrogen-bond donors (Lipinski definition) is 1. The van der Waals surface area contributed by atoms with Gasteiger partial charge in [0, 0.05) is 19.2 Å². The lowest BCUT2D eigenvalue weighted by Gasteiger charge is -2.32. The Morgan fingerprint density at radius 3 is 2.81 bits per heavy atom. The molecule has 0 aromatic carbocycles. The molecule has 1 fully saturated rings. The third-order valence-corrected chi connectivity index (χ3v) is 3.90. The largest absolute Gasteiger partial charge is 0.357 e. The van der Waals surface area contributed by atoms with Crippen molar-refractivity contribution >= 4 is 11.5 Å². The zero-order valence-corrected chi connectivity index (χ0v) is 12.1. The van der Waals surface area contributed by atoms with E-state index >= 15 is 0 Å². The quantitative estimate of drug-likeness (QED) is 0.654. The molecule has 0 aliphatic carbocycles. The highest BCUT2D eigenvalue weighted by atomic mass is 16.6. The van der Waals surface area contributed by atoms with Gasteiger partial charge in [-0.05, 0) is 44.8 Å². The molecular formula is C14H19N5O2. The Kier molecular flexibility index (Phi) is 5.06. The monoisotopic (exact) mass is 289 g/mol. The van der Waals surface area contributed by atoms with Crippen LogP contribution in [0.3, 0.4) is 0 Å². The highest BCUT2D eigenvalue weighted by molar-refractivity contribution is 5.51. The van der Waals surface area contributed by atoms with Crippen molar-refractivity contribution in [1.29, 1.82) is 5.26 Å². The van der Waals surface area contributed by atoms with Crippen molar-refractivity contribution < 1.29 is 4.92 Å². The number of nitrogens with zero attached hydrogens (tertiary/aromatic N) is 4. The number of pyridine rings is 1. The fourth-order valence-corrected chi connectivity index (χ4v) is 2.65. The predicted octanol–water partition coefficient (Wildman–Crippen LogP) is 1.69. The summed E-state index contributed by atoms with van der Waals surface area (Å²) in [6, 6.07) is 4.81. The molecule has 21 heavy (non-hydrogen) atoms. The maximum atomic E-state index is 10.8. The fourth-order valence-electron chi connectivity index (χ4n) is 2.65. The van der Waals surface area contributed by atoms with Crippen molar-refractivity contribution in [1.82, 2.24) is 10.3 Å². The molecule has 1 aromatic rings. The molecule has 0 unspecified atom stereocenters.